The molecule has 0 atom stereocenters. The summed E-state index contributed by atoms with van der Waals surface area (Å²) < 4.78 is 4.63. The quantitative estimate of drug-likeness (QED) is 0.710. The molecule has 0 saturated heterocycles. The molecule has 132 valence electrons. The van der Waals surface area contributed by atoms with E-state index in [4.69, 9.17) is 0 Å². The average molecular weight is 350 g/mol. The standard InChI is InChI=1S/C20H18N2O4/c1-11-8-12(2)17-14(9-11)10-16(19(24)22-17)18(23)21-15-6-4-13(5-7-15)20(25)26-3/h4-10H,1-3H3,(H,21,23)(H,22,24). The number of amides is 1. The maximum atomic E-state index is 12.5. The summed E-state index contributed by atoms with van der Waals surface area (Å²) in [5, 5.41) is 3.47. The molecule has 2 N–H and O–H groups in total. The van der Waals surface area contributed by atoms with Crippen LogP contribution in [0, 0.1) is 13.8 Å². The Hall–Kier alpha value is -3.41. The second kappa shape index (κ2) is 6.84. The number of anilines is 1. The first-order chi connectivity index (χ1) is 12.4. The van der Waals surface area contributed by atoms with Crippen molar-refractivity contribution in [2.45, 2.75) is 13.8 Å². The van der Waals surface area contributed by atoms with Gasteiger partial charge < -0.3 is 15.0 Å². The van der Waals surface area contributed by atoms with Gasteiger partial charge in [0.2, 0.25) is 0 Å². The predicted octanol–water partition coefficient (Wildman–Crippen LogP) is 3.18. The van der Waals surface area contributed by atoms with E-state index < -0.39 is 17.4 Å². The number of aromatic amines is 1. The first-order valence-electron chi connectivity index (χ1n) is 8.03. The number of hydrogen-bond donors (Lipinski definition) is 2. The largest absolute Gasteiger partial charge is 0.465 e. The summed E-state index contributed by atoms with van der Waals surface area (Å²) in [5.41, 5.74) is 3.14. The van der Waals surface area contributed by atoms with Crippen molar-refractivity contribution in [2.24, 2.45) is 0 Å². The van der Waals surface area contributed by atoms with E-state index in [2.05, 4.69) is 15.0 Å². The zero-order valence-electron chi connectivity index (χ0n) is 14.7. The topological polar surface area (TPSA) is 88.3 Å². The van der Waals surface area contributed by atoms with Crippen LogP contribution < -0.4 is 10.9 Å². The van der Waals surface area contributed by atoms with Gasteiger partial charge >= 0.3 is 5.97 Å². The molecule has 0 spiro atoms. The molecule has 0 unspecified atom stereocenters. The van der Waals surface area contributed by atoms with Crippen LogP contribution in [0.5, 0.6) is 0 Å². The number of fused-ring (bicyclic) bond motifs is 1. The lowest BCUT2D eigenvalue weighted by Crippen LogP contribution is -2.23. The number of esters is 1. The van der Waals surface area contributed by atoms with Gasteiger partial charge in [-0.05, 0) is 61.2 Å². The first kappa shape index (κ1) is 17.4. The third-order valence-electron chi connectivity index (χ3n) is 4.10. The van der Waals surface area contributed by atoms with Crippen molar-refractivity contribution < 1.29 is 14.3 Å². The van der Waals surface area contributed by atoms with E-state index in [9.17, 15) is 14.4 Å². The number of hydrogen-bond acceptors (Lipinski definition) is 4. The molecule has 6 nitrogen and oxygen atoms in total. The van der Waals surface area contributed by atoms with Crippen LogP contribution in [0.25, 0.3) is 10.9 Å². The van der Waals surface area contributed by atoms with E-state index in [1.165, 1.54) is 7.11 Å². The van der Waals surface area contributed by atoms with Gasteiger partial charge in [0, 0.05) is 5.69 Å². The number of carbonyl (C=O) groups is 2. The molecule has 1 heterocycles. The summed E-state index contributed by atoms with van der Waals surface area (Å²) in [6, 6.07) is 11.7. The van der Waals surface area contributed by atoms with Crippen molar-refractivity contribution in [3.63, 3.8) is 0 Å². The van der Waals surface area contributed by atoms with Gasteiger partial charge in [-0.3, -0.25) is 9.59 Å². The third-order valence-corrected chi connectivity index (χ3v) is 4.10. The minimum Gasteiger partial charge on any atom is -0.465 e. The Labute approximate surface area is 149 Å². The first-order valence-corrected chi connectivity index (χ1v) is 8.03. The lowest BCUT2D eigenvalue weighted by Gasteiger charge is -2.08. The van der Waals surface area contributed by atoms with Crippen LogP contribution in [-0.4, -0.2) is 24.0 Å². The molecule has 0 aliphatic rings. The fourth-order valence-electron chi connectivity index (χ4n) is 2.86. The van der Waals surface area contributed by atoms with E-state index in [0.29, 0.717) is 11.3 Å². The molecule has 1 aromatic heterocycles. The van der Waals surface area contributed by atoms with Gasteiger partial charge in [0.25, 0.3) is 11.5 Å². The predicted molar refractivity (Wildman–Crippen MR) is 99.8 cm³/mol. The highest BCUT2D eigenvalue weighted by Crippen LogP contribution is 2.18. The highest BCUT2D eigenvalue weighted by Gasteiger charge is 2.14. The molecular weight excluding hydrogens is 332 g/mol. The number of ether oxygens (including phenoxy) is 1. The zero-order valence-corrected chi connectivity index (χ0v) is 14.7. The van der Waals surface area contributed by atoms with E-state index >= 15 is 0 Å². The molecule has 0 saturated carbocycles. The number of methoxy groups -OCH3 is 1. The van der Waals surface area contributed by atoms with E-state index in [1.807, 2.05) is 26.0 Å². The summed E-state index contributed by atoms with van der Waals surface area (Å²) in [7, 11) is 1.30. The number of H-pyrrole nitrogens is 1. The monoisotopic (exact) mass is 350 g/mol. The summed E-state index contributed by atoms with van der Waals surface area (Å²) in [4.78, 5) is 39.0. The van der Waals surface area contributed by atoms with Gasteiger partial charge in [0.1, 0.15) is 5.56 Å². The maximum Gasteiger partial charge on any atom is 0.337 e. The molecule has 3 rings (SSSR count). The molecule has 0 bridgehead atoms. The van der Waals surface area contributed by atoms with Crippen molar-refractivity contribution in [1.82, 2.24) is 4.98 Å². The molecule has 1 amide bonds. The Morgan fingerprint density at radius 3 is 2.38 bits per heavy atom. The van der Waals surface area contributed by atoms with Gasteiger partial charge in [-0.25, -0.2) is 4.79 Å². The van der Waals surface area contributed by atoms with Gasteiger partial charge in [-0.2, -0.15) is 0 Å². The van der Waals surface area contributed by atoms with Crippen LogP contribution in [0.1, 0.15) is 31.8 Å². The molecular formula is C20H18N2O4. The summed E-state index contributed by atoms with van der Waals surface area (Å²) >= 11 is 0. The molecule has 6 heteroatoms. The van der Waals surface area contributed by atoms with Crippen LogP contribution in [0.4, 0.5) is 5.69 Å². The minimum absolute atomic E-state index is 0.0274. The summed E-state index contributed by atoms with van der Waals surface area (Å²) in [6.45, 7) is 3.87. The number of pyridine rings is 1. The molecule has 0 radical (unpaired) electrons. The smallest absolute Gasteiger partial charge is 0.337 e. The van der Waals surface area contributed by atoms with Crippen LogP contribution in [0.15, 0.2) is 47.3 Å². The molecule has 0 fully saturated rings. The number of aryl methyl sites for hydroxylation is 2. The maximum absolute atomic E-state index is 12.5. The van der Waals surface area contributed by atoms with Crippen molar-refractivity contribution in [2.75, 3.05) is 12.4 Å². The van der Waals surface area contributed by atoms with Crippen LogP contribution >= 0.6 is 0 Å². The fraction of sp³-hybridized carbons (Fsp3) is 0.150. The number of aromatic nitrogens is 1. The Morgan fingerprint density at radius 1 is 1.04 bits per heavy atom. The third kappa shape index (κ3) is 3.35. The number of nitrogens with one attached hydrogen (secondary N) is 2. The fourth-order valence-corrected chi connectivity index (χ4v) is 2.86. The highest BCUT2D eigenvalue weighted by atomic mass is 16.5. The molecule has 0 aliphatic heterocycles. The van der Waals surface area contributed by atoms with Crippen LogP contribution in [0.2, 0.25) is 0 Å². The van der Waals surface area contributed by atoms with Gasteiger partial charge in [0.05, 0.1) is 18.2 Å². The van der Waals surface area contributed by atoms with Gasteiger partial charge in [-0.15, -0.1) is 0 Å². The van der Waals surface area contributed by atoms with Crippen molar-refractivity contribution in [3.05, 3.63) is 75.1 Å². The minimum atomic E-state index is -0.516. The van der Waals surface area contributed by atoms with Crippen LogP contribution in [0.3, 0.4) is 0 Å². The summed E-state index contributed by atoms with van der Waals surface area (Å²) in [5.74, 6) is -0.974. The second-order valence-corrected chi connectivity index (χ2v) is 6.08. The Balaban J connectivity index is 1.91. The van der Waals surface area contributed by atoms with Gasteiger partial charge in [-0.1, -0.05) is 11.6 Å². The van der Waals surface area contributed by atoms with Crippen molar-refractivity contribution >= 4 is 28.5 Å². The van der Waals surface area contributed by atoms with Crippen molar-refractivity contribution in [1.29, 1.82) is 0 Å². The summed E-state index contributed by atoms with van der Waals surface area (Å²) in [6.07, 6.45) is 0. The number of rotatable bonds is 3. The van der Waals surface area contributed by atoms with Gasteiger partial charge in [0.15, 0.2) is 0 Å². The Bertz CT molecular complexity index is 1070. The SMILES string of the molecule is COC(=O)c1ccc(NC(=O)c2cc3cc(C)cc(C)c3[nH]c2=O)cc1. The number of carbonyl (C=O) groups excluding carboxylic acids is 2. The normalized spacial score (nSPS) is 10.6. The molecule has 3 aromatic rings. The Kier molecular flexibility index (Phi) is 4.58. The van der Waals surface area contributed by atoms with Crippen LogP contribution in [-0.2, 0) is 4.74 Å². The lowest BCUT2D eigenvalue weighted by molar-refractivity contribution is 0.0600. The zero-order chi connectivity index (χ0) is 18.8. The molecule has 0 aliphatic carbocycles. The van der Waals surface area contributed by atoms with E-state index in [-0.39, 0.29) is 5.56 Å². The average Bonchev–Trinajstić information content (AvgIpc) is 2.61. The lowest BCUT2D eigenvalue weighted by atomic mass is 10.1. The molecule has 26 heavy (non-hydrogen) atoms. The van der Waals surface area contributed by atoms with E-state index in [1.54, 1.807) is 30.3 Å². The highest BCUT2D eigenvalue weighted by molar-refractivity contribution is 6.06. The molecule has 2 aromatic carbocycles. The van der Waals surface area contributed by atoms with Crippen molar-refractivity contribution in [3.8, 4) is 0 Å². The second-order valence-electron chi connectivity index (χ2n) is 6.08. The Morgan fingerprint density at radius 2 is 1.73 bits per heavy atom. The number of benzene rings is 2. The van der Waals surface area contributed by atoms with E-state index in [0.717, 1.165) is 22.0 Å².